The van der Waals surface area contributed by atoms with Crippen molar-refractivity contribution in [1.29, 1.82) is 0 Å². The van der Waals surface area contributed by atoms with Crippen molar-refractivity contribution < 1.29 is 14.5 Å². The highest BCUT2D eigenvalue weighted by Crippen LogP contribution is 2.06. The number of para-hydroxylation sites is 1. The molecule has 0 saturated carbocycles. The molecule has 2 rings (SSSR count). The van der Waals surface area contributed by atoms with Crippen LogP contribution in [0.2, 0.25) is 0 Å². The van der Waals surface area contributed by atoms with E-state index in [1.807, 2.05) is 30.3 Å². The average Bonchev–Trinajstić information content (AvgIpc) is 2.40. The third kappa shape index (κ3) is 3.96. The third-order valence-electron chi connectivity index (χ3n) is 3.21. The monoisotopic (exact) mass is 263 g/mol. The highest BCUT2D eigenvalue weighted by atomic mass is 16.2. The number of carbonyl (C=O) groups excluding carboxylic acids is 2. The normalized spacial score (nSPS) is 16.1. The molecular weight excluding hydrogens is 244 g/mol. The number of amides is 3. The van der Waals surface area contributed by atoms with Gasteiger partial charge in [-0.25, -0.2) is 4.79 Å². The molecule has 1 aromatic carbocycles. The van der Waals surface area contributed by atoms with Gasteiger partial charge in [-0.05, 0) is 12.1 Å². The van der Waals surface area contributed by atoms with Gasteiger partial charge in [0, 0.05) is 5.69 Å². The number of rotatable bonds is 3. The van der Waals surface area contributed by atoms with Crippen LogP contribution in [-0.4, -0.2) is 49.6 Å². The molecule has 0 unspecified atom stereocenters. The summed E-state index contributed by atoms with van der Waals surface area (Å²) in [4.78, 5) is 25.7. The van der Waals surface area contributed by atoms with Crippen molar-refractivity contribution in [2.24, 2.45) is 5.73 Å². The molecule has 1 fully saturated rings. The van der Waals surface area contributed by atoms with Crippen molar-refractivity contribution >= 4 is 17.6 Å². The number of anilines is 1. The Morgan fingerprint density at radius 2 is 1.84 bits per heavy atom. The van der Waals surface area contributed by atoms with Gasteiger partial charge in [0.05, 0.1) is 26.2 Å². The molecule has 102 valence electrons. The molecule has 0 spiro atoms. The topological polar surface area (TPSA) is 79.9 Å². The molecule has 19 heavy (non-hydrogen) atoms. The maximum absolute atomic E-state index is 12.0. The Morgan fingerprint density at radius 1 is 1.21 bits per heavy atom. The Balaban J connectivity index is 1.81. The van der Waals surface area contributed by atoms with Crippen LogP contribution in [0.5, 0.6) is 0 Å². The number of benzene rings is 1. The van der Waals surface area contributed by atoms with E-state index >= 15 is 0 Å². The summed E-state index contributed by atoms with van der Waals surface area (Å²) >= 11 is 0. The number of urea groups is 1. The van der Waals surface area contributed by atoms with Crippen LogP contribution in [0.3, 0.4) is 0 Å². The van der Waals surface area contributed by atoms with Gasteiger partial charge in [0.15, 0.2) is 6.54 Å². The maximum atomic E-state index is 12.0. The van der Waals surface area contributed by atoms with E-state index in [0.717, 1.165) is 23.7 Å². The average molecular weight is 263 g/mol. The first-order valence-corrected chi connectivity index (χ1v) is 6.38. The summed E-state index contributed by atoms with van der Waals surface area (Å²) in [5.41, 5.74) is 5.96. The number of piperazine rings is 1. The number of quaternary nitrogens is 1. The first-order chi connectivity index (χ1) is 9.15. The lowest BCUT2D eigenvalue weighted by Gasteiger charge is -2.31. The lowest BCUT2D eigenvalue weighted by Crippen LogP contribution is -3.15. The van der Waals surface area contributed by atoms with E-state index < -0.39 is 0 Å². The first-order valence-electron chi connectivity index (χ1n) is 6.38. The number of hydrogen-bond donors (Lipinski definition) is 3. The molecule has 1 aromatic rings. The lowest BCUT2D eigenvalue weighted by molar-refractivity contribution is -0.895. The van der Waals surface area contributed by atoms with Gasteiger partial charge in [0.2, 0.25) is 0 Å². The van der Waals surface area contributed by atoms with Crippen molar-refractivity contribution in [1.82, 2.24) is 4.90 Å². The van der Waals surface area contributed by atoms with E-state index in [1.54, 1.807) is 4.90 Å². The van der Waals surface area contributed by atoms with Gasteiger partial charge in [-0.1, -0.05) is 18.2 Å². The zero-order chi connectivity index (χ0) is 13.7. The molecule has 1 saturated heterocycles. The number of primary amides is 1. The predicted octanol–water partition coefficient (Wildman–Crippen LogP) is -1.10. The van der Waals surface area contributed by atoms with Crippen LogP contribution in [0.25, 0.3) is 0 Å². The van der Waals surface area contributed by atoms with Crippen LogP contribution >= 0.6 is 0 Å². The van der Waals surface area contributed by atoms with Crippen LogP contribution in [0.15, 0.2) is 30.3 Å². The lowest BCUT2D eigenvalue weighted by atomic mass is 10.3. The zero-order valence-corrected chi connectivity index (χ0v) is 10.8. The second-order valence-corrected chi connectivity index (χ2v) is 4.68. The number of nitrogens with zero attached hydrogens (tertiary/aromatic N) is 1. The van der Waals surface area contributed by atoms with E-state index in [-0.39, 0.29) is 11.9 Å². The second kappa shape index (κ2) is 6.19. The van der Waals surface area contributed by atoms with Crippen molar-refractivity contribution in [3.8, 4) is 0 Å². The van der Waals surface area contributed by atoms with Crippen LogP contribution in [0.4, 0.5) is 10.5 Å². The minimum absolute atomic E-state index is 0.0932. The van der Waals surface area contributed by atoms with Gasteiger partial charge in [-0.15, -0.1) is 0 Å². The van der Waals surface area contributed by atoms with E-state index in [4.69, 9.17) is 5.73 Å². The zero-order valence-electron chi connectivity index (χ0n) is 10.8. The summed E-state index contributed by atoms with van der Waals surface area (Å²) in [6.07, 6.45) is 0. The fourth-order valence-corrected chi connectivity index (χ4v) is 2.17. The van der Waals surface area contributed by atoms with Crippen molar-refractivity contribution in [3.05, 3.63) is 30.3 Å². The summed E-state index contributed by atoms with van der Waals surface area (Å²) < 4.78 is 0. The van der Waals surface area contributed by atoms with Crippen LogP contribution in [0, 0.1) is 0 Å². The first kappa shape index (κ1) is 13.4. The number of hydrogen-bond acceptors (Lipinski definition) is 2. The summed E-state index contributed by atoms with van der Waals surface area (Å²) in [5.74, 6) is -0.294. The molecule has 1 aliphatic heterocycles. The SMILES string of the molecule is NC(=O)C[NH+]1CCN(C(=O)Nc2ccccc2)CC1. The molecule has 6 heteroatoms. The van der Waals surface area contributed by atoms with Gasteiger partial charge >= 0.3 is 6.03 Å². The quantitative estimate of drug-likeness (QED) is 0.647. The van der Waals surface area contributed by atoms with Gasteiger partial charge in [0.1, 0.15) is 0 Å². The Morgan fingerprint density at radius 3 is 2.42 bits per heavy atom. The summed E-state index contributed by atoms with van der Waals surface area (Å²) in [6.45, 7) is 3.13. The van der Waals surface area contributed by atoms with Crippen LogP contribution in [-0.2, 0) is 4.79 Å². The van der Waals surface area contributed by atoms with Crippen molar-refractivity contribution in [2.75, 3.05) is 38.0 Å². The van der Waals surface area contributed by atoms with Crippen molar-refractivity contribution in [3.63, 3.8) is 0 Å². The Hall–Kier alpha value is -2.08. The molecule has 1 heterocycles. The van der Waals surface area contributed by atoms with E-state index in [2.05, 4.69) is 5.32 Å². The van der Waals surface area contributed by atoms with Gasteiger partial charge < -0.3 is 20.9 Å². The summed E-state index contributed by atoms with van der Waals surface area (Å²) in [7, 11) is 0. The maximum Gasteiger partial charge on any atom is 0.322 e. The fraction of sp³-hybridized carbons (Fsp3) is 0.385. The molecule has 0 radical (unpaired) electrons. The summed E-state index contributed by atoms with van der Waals surface area (Å²) in [6, 6.07) is 9.28. The predicted molar refractivity (Wildman–Crippen MR) is 71.8 cm³/mol. The largest absolute Gasteiger partial charge is 0.365 e. The fourth-order valence-electron chi connectivity index (χ4n) is 2.17. The highest BCUT2D eigenvalue weighted by molar-refractivity contribution is 5.89. The van der Waals surface area contributed by atoms with Gasteiger partial charge in [-0.2, -0.15) is 0 Å². The third-order valence-corrected chi connectivity index (χ3v) is 3.21. The Kier molecular flexibility index (Phi) is 4.35. The minimum atomic E-state index is -0.294. The molecule has 0 aromatic heterocycles. The highest BCUT2D eigenvalue weighted by Gasteiger charge is 2.24. The summed E-state index contributed by atoms with van der Waals surface area (Å²) in [5, 5.41) is 2.85. The van der Waals surface area contributed by atoms with Crippen molar-refractivity contribution in [2.45, 2.75) is 0 Å². The molecule has 6 nitrogen and oxygen atoms in total. The molecule has 4 N–H and O–H groups in total. The second-order valence-electron chi connectivity index (χ2n) is 4.68. The molecular formula is C13H19N4O2+. The van der Waals surface area contributed by atoms with Gasteiger partial charge in [-0.3, -0.25) is 4.79 Å². The molecule has 0 aliphatic carbocycles. The molecule has 1 aliphatic rings. The van der Waals surface area contributed by atoms with E-state index in [9.17, 15) is 9.59 Å². The van der Waals surface area contributed by atoms with E-state index in [0.29, 0.717) is 19.6 Å². The standard InChI is InChI=1S/C13H18N4O2/c14-12(18)10-16-6-8-17(9-7-16)13(19)15-11-4-2-1-3-5-11/h1-5H,6-10H2,(H2,14,18)(H,15,19)/p+1. The number of nitrogens with one attached hydrogen (secondary N) is 2. The van der Waals surface area contributed by atoms with Crippen LogP contribution < -0.4 is 16.0 Å². The number of carbonyl (C=O) groups is 2. The van der Waals surface area contributed by atoms with E-state index in [1.165, 1.54) is 0 Å². The Labute approximate surface area is 112 Å². The molecule has 0 atom stereocenters. The smallest absolute Gasteiger partial charge is 0.322 e. The Bertz CT molecular complexity index is 441. The molecule has 0 bridgehead atoms. The van der Waals surface area contributed by atoms with Gasteiger partial charge in [0.25, 0.3) is 5.91 Å². The minimum Gasteiger partial charge on any atom is -0.365 e. The molecule has 3 amide bonds. The van der Waals surface area contributed by atoms with Crippen LogP contribution in [0.1, 0.15) is 0 Å². The number of nitrogens with two attached hydrogens (primary N) is 1.